The normalized spacial score (nSPS) is 18.6. The summed E-state index contributed by atoms with van der Waals surface area (Å²) < 4.78 is 18.6. The van der Waals surface area contributed by atoms with Crippen LogP contribution in [0.5, 0.6) is 5.75 Å². The van der Waals surface area contributed by atoms with Gasteiger partial charge in [0.15, 0.2) is 10.9 Å². The minimum absolute atomic E-state index is 0.0584. The van der Waals surface area contributed by atoms with Gasteiger partial charge in [0.05, 0.1) is 13.2 Å². The molecule has 16 nitrogen and oxygen atoms in total. The van der Waals surface area contributed by atoms with Crippen LogP contribution in [0.15, 0.2) is 45.8 Å². The number of hydrogen-bond acceptors (Lipinski definition) is 15. The number of aliphatic hydroxyl groups excluding tert-OH is 1. The maximum atomic E-state index is 13.2. The van der Waals surface area contributed by atoms with E-state index in [1.807, 2.05) is 0 Å². The Kier molecular flexibility index (Phi) is 8.42. The molecule has 2 aliphatic rings. The minimum Gasteiger partial charge on any atom is -0.477 e. The Labute approximate surface area is 242 Å². The minimum atomic E-state index is -1.30. The number of anilines is 1. The number of halogens is 1. The van der Waals surface area contributed by atoms with Crippen molar-refractivity contribution in [3.8, 4) is 5.75 Å². The third kappa shape index (κ3) is 5.99. The maximum absolute atomic E-state index is 13.2. The Balaban J connectivity index is 1.31. The van der Waals surface area contributed by atoms with Gasteiger partial charge in [-0.25, -0.2) is 13.9 Å². The molecule has 2 aromatic heterocycles. The smallest absolute Gasteiger partial charge is 0.352 e. The first-order valence-electron chi connectivity index (χ1n) is 11.6. The van der Waals surface area contributed by atoms with E-state index in [9.17, 15) is 23.9 Å². The molecule has 1 fully saturated rings. The van der Waals surface area contributed by atoms with E-state index >= 15 is 0 Å². The second-order valence-corrected chi connectivity index (χ2v) is 11.1. The number of oxime groups is 1. The third-order valence-corrected chi connectivity index (χ3v) is 8.57. The first-order chi connectivity index (χ1) is 19.8. The van der Waals surface area contributed by atoms with E-state index in [0.717, 1.165) is 28.6 Å². The number of nitrogens with zero attached hydrogens (tertiary/aromatic N) is 8. The van der Waals surface area contributed by atoms with Crippen LogP contribution in [0.25, 0.3) is 0 Å². The number of carbonyl (C=O) groups is 3. The highest BCUT2D eigenvalue weighted by Crippen LogP contribution is 2.41. The number of aliphatic carboxylic acids is 1. The number of tetrazole rings is 1. The summed E-state index contributed by atoms with van der Waals surface area (Å²) in [5.74, 6) is -2.87. The lowest BCUT2D eigenvalue weighted by molar-refractivity contribution is -0.150. The Morgan fingerprint density at radius 1 is 1.32 bits per heavy atom. The molecule has 4 heterocycles. The summed E-state index contributed by atoms with van der Waals surface area (Å²) in [5.41, 5.74) is 5.55. The molecule has 5 N–H and O–H groups in total. The van der Waals surface area contributed by atoms with Crippen LogP contribution in [-0.4, -0.2) is 97.7 Å². The Morgan fingerprint density at radius 2 is 2.10 bits per heavy atom. The van der Waals surface area contributed by atoms with Crippen LogP contribution in [-0.2, 0) is 20.9 Å². The largest absolute Gasteiger partial charge is 0.477 e. The summed E-state index contributed by atoms with van der Waals surface area (Å²) in [7, 11) is 0. The van der Waals surface area contributed by atoms with Crippen molar-refractivity contribution in [1.29, 1.82) is 0 Å². The SMILES string of the molecule is Nc1nc(/C(=N/Oc2ccc(F)cc2)C(=O)NC2C(=O)N3C(C(=O)O)=C(CSc4nnnn4CCO)CS[C@H]23)ns1. The van der Waals surface area contributed by atoms with Crippen molar-refractivity contribution in [2.45, 2.75) is 23.1 Å². The molecule has 1 aromatic carbocycles. The summed E-state index contributed by atoms with van der Waals surface area (Å²) in [6, 6.07) is 3.81. The molecule has 2 amide bonds. The number of β-lactam (4-membered cyclic amide) rings is 1. The molecule has 0 aliphatic carbocycles. The number of hydrogen-bond donors (Lipinski definition) is 4. The summed E-state index contributed by atoms with van der Waals surface area (Å²) in [6.07, 6.45) is 0. The monoisotopic (exact) mass is 622 g/mol. The fraction of sp³-hybridized carbons (Fsp3) is 0.286. The topological polar surface area (TPSA) is 224 Å². The van der Waals surface area contributed by atoms with Gasteiger partial charge in [-0.15, -0.1) is 16.9 Å². The van der Waals surface area contributed by atoms with Crippen molar-refractivity contribution in [1.82, 2.24) is 39.8 Å². The fourth-order valence-corrected chi connectivity index (χ4v) is 6.62. The van der Waals surface area contributed by atoms with Crippen LogP contribution in [0.2, 0.25) is 0 Å². The lowest BCUT2D eigenvalue weighted by Gasteiger charge is -2.49. The van der Waals surface area contributed by atoms with Crippen molar-refractivity contribution in [2.75, 3.05) is 23.8 Å². The highest BCUT2D eigenvalue weighted by molar-refractivity contribution is 8.01. The van der Waals surface area contributed by atoms with Crippen molar-refractivity contribution in [3.63, 3.8) is 0 Å². The molecule has 0 bridgehead atoms. The van der Waals surface area contributed by atoms with E-state index in [4.69, 9.17) is 15.7 Å². The predicted molar refractivity (Wildman–Crippen MR) is 143 cm³/mol. The molecular formula is C21H19FN10O6S3. The summed E-state index contributed by atoms with van der Waals surface area (Å²) in [4.78, 5) is 48.8. The number of thioether (sulfide) groups is 2. The average Bonchev–Trinajstić information content (AvgIpc) is 3.59. The zero-order chi connectivity index (χ0) is 29.1. The van der Waals surface area contributed by atoms with E-state index in [1.54, 1.807) is 0 Å². The number of carboxylic acid groups (broad SMARTS) is 1. The van der Waals surface area contributed by atoms with Gasteiger partial charge in [-0.2, -0.15) is 9.36 Å². The van der Waals surface area contributed by atoms with Crippen molar-refractivity contribution >= 4 is 63.7 Å². The molecule has 41 heavy (non-hydrogen) atoms. The van der Waals surface area contributed by atoms with Crippen LogP contribution in [0.3, 0.4) is 0 Å². The average molecular weight is 623 g/mol. The standard InChI is InChI=1S/C21H19FN10O6S3/c22-10-1-3-11(4-2-10)38-27-12(15-25-20(23)41-28-15)16(34)24-13-17(35)32-14(19(36)37)9(7-39-18(13)32)8-40-21-26-29-30-31(21)5-6-33/h1-4,13,18,33H,5-8H2,(H,24,34)(H,36,37)(H2,23,25,28)/b27-12-/t13?,18-/m1/s1. The van der Waals surface area contributed by atoms with Gasteiger partial charge in [0.1, 0.15) is 22.9 Å². The number of nitrogens with one attached hydrogen (secondary N) is 1. The molecule has 2 aliphatic heterocycles. The van der Waals surface area contributed by atoms with Crippen molar-refractivity contribution < 1.29 is 33.8 Å². The number of amides is 2. The zero-order valence-corrected chi connectivity index (χ0v) is 23.0. The quantitative estimate of drug-likeness (QED) is 0.0920. The van der Waals surface area contributed by atoms with E-state index in [-0.39, 0.29) is 52.8 Å². The second-order valence-electron chi connectivity index (χ2n) is 8.26. The number of carbonyl (C=O) groups excluding carboxylic acids is 2. The highest BCUT2D eigenvalue weighted by atomic mass is 32.2. The van der Waals surface area contributed by atoms with E-state index in [1.165, 1.54) is 40.3 Å². The van der Waals surface area contributed by atoms with Gasteiger partial charge in [-0.3, -0.25) is 14.5 Å². The molecule has 0 radical (unpaired) electrons. The van der Waals surface area contributed by atoms with Gasteiger partial charge in [-0.1, -0.05) is 16.9 Å². The number of carboxylic acids is 1. The van der Waals surface area contributed by atoms with Gasteiger partial charge in [0.25, 0.3) is 11.8 Å². The highest BCUT2D eigenvalue weighted by Gasteiger charge is 2.54. The first-order valence-corrected chi connectivity index (χ1v) is 14.4. The molecule has 3 aromatic rings. The molecule has 0 spiro atoms. The van der Waals surface area contributed by atoms with Crippen molar-refractivity contribution in [3.05, 3.63) is 47.2 Å². The number of aromatic nitrogens is 6. The summed E-state index contributed by atoms with van der Waals surface area (Å²) >= 11 is 3.26. The van der Waals surface area contributed by atoms with E-state index in [0.29, 0.717) is 10.7 Å². The Bertz CT molecular complexity index is 1540. The van der Waals surface area contributed by atoms with Crippen LogP contribution in [0.1, 0.15) is 5.82 Å². The number of rotatable bonds is 11. The molecule has 1 unspecified atom stereocenters. The maximum Gasteiger partial charge on any atom is 0.352 e. The fourth-order valence-electron chi connectivity index (χ4n) is 3.80. The van der Waals surface area contributed by atoms with Crippen LogP contribution < -0.4 is 15.9 Å². The molecule has 1 saturated heterocycles. The van der Waals surface area contributed by atoms with Crippen LogP contribution in [0.4, 0.5) is 9.52 Å². The van der Waals surface area contributed by atoms with Crippen LogP contribution in [0, 0.1) is 5.82 Å². The van der Waals surface area contributed by atoms with E-state index in [2.05, 4.69) is 35.4 Å². The van der Waals surface area contributed by atoms with Crippen LogP contribution >= 0.6 is 35.1 Å². The molecule has 0 saturated carbocycles. The van der Waals surface area contributed by atoms with Gasteiger partial charge in [0.2, 0.25) is 16.7 Å². The zero-order valence-electron chi connectivity index (χ0n) is 20.6. The third-order valence-electron chi connectivity index (χ3n) is 5.65. The number of nitrogens with two attached hydrogens (primary N) is 1. The number of aliphatic hydroxyl groups is 1. The number of benzene rings is 1. The predicted octanol–water partition coefficient (Wildman–Crippen LogP) is -0.448. The lowest BCUT2D eigenvalue weighted by Crippen LogP contribution is -2.71. The molecular weight excluding hydrogens is 603 g/mol. The molecule has 2 atom stereocenters. The summed E-state index contributed by atoms with van der Waals surface area (Å²) in [6.45, 7) is -0.00246. The van der Waals surface area contributed by atoms with Gasteiger partial charge in [-0.05, 0) is 40.3 Å². The molecule has 20 heteroatoms. The number of nitrogen functional groups attached to an aromatic ring is 1. The number of fused-ring (bicyclic) bond motifs is 1. The van der Waals surface area contributed by atoms with Gasteiger partial charge < -0.3 is 26.1 Å². The Hall–Kier alpha value is -4.14. The molecule has 214 valence electrons. The van der Waals surface area contributed by atoms with Gasteiger partial charge >= 0.3 is 5.97 Å². The summed E-state index contributed by atoms with van der Waals surface area (Å²) in [5, 5.41) is 36.4. The van der Waals surface area contributed by atoms with Gasteiger partial charge in [0, 0.05) is 23.0 Å². The van der Waals surface area contributed by atoms with Crippen molar-refractivity contribution in [2.24, 2.45) is 5.16 Å². The molecule has 5 rings (SSSR count). The van der Waals surface area contributed by atoms with E-state index < -0.39 is 35.0 Å². The lowest BCUT2D eigenvalue weighted by atomic mass is 10.0. The first kappa shape index (κ1) is 28.4. The second kappa shape index (κ2) is 12.2. The Morgan fingerprint density at radius 3 is 2.78 bits per heavy atom.